The van der Waals surface area contributed by atoms with Crippen LogP contribution in [0.3, 0.4) is 0 Å². The van der Waals surface area contributed by atoms with Crippen molar-refractivity contribution in [1.29, 1.82) is 0 Å². The summed E-state index contributed by atoms with van der Waals surface area (Å²) in [7, 11) is 0. The van der Waals surface area contributed by atoms with E-state index in [-0.39, 0.29) is 5.91 Å². The summed E-state index contributed by atoms with van der Waals surface area (Å²) >= 11 is 7.05. The fraction of sp³-hybridized carbons (Fsp3) is 0. The molecule has 0 radical (unpaired) electrons. The van der Waals surface area contributed by atoms with Crippen LogP contribution in [0, 0.1) is 3.57 Å². The van der Waals surface area contributed by atoms with Crippen molar-refractivity contribution in [3.05, 3.63) is 56.1 Å². The van der Waals surface area contributed by atoms with E-state index in [9.17, 15) is 4.79 Å². The van der Waals surface area contributed by atoms with Crippen LogP contribution in [0.25, 0.3) is 10.2 Å². The predicted molar refractivity (Wildman–Crippen MR) is 94.4 cm³/mol. The van der Waals surface area contributed by atoms with Gasteiger partial charge in [0.1, 0.15) is 0 Å². The number of carbonyl (C=O) groups excluding carboxylic acids is 1. The van der Waals surface area contributed by atoms with E-state index in [1.54, 1.807) is 6.07 Å². The van der Waals surface area contributed by atoms with Gasteiger partial charge in [0.2, 0.25) is 0 Å². The Kier molecular flexibility index (Phi) is 4.04. The van der Waals surface area contributed by atoms with Crippen LogP contribution in [-0.4, -0.2) is 10.9 Å². The second-order valence-electron chi connectivity index (χ2n) is 4.07. The van der Waals surface area contributed by atoms with Crippen molar-refractivity contribution in [3.63, 3.8) is 0 Å². The number of thiazole rings is 1. The summed E-state index contributed by atoms with van der Waals surface area (Å²) in [4.78, 5) is 16.6. The van der Waals surface area contributed by atoms with Crippen LogP contribution in [0.15, 0.2) is 46.9 Å². The zero-order chi connectivity index (χ0) is 14.1. The average Bonchev–Trinajstić information content (AvgIpc) is 2.80. The summed E-state index contributed by atoms with van der Waals surface area (Å²) in [6.07, 6.45) is 0. The predicted octanol–water partition coefficient (Wildman–Crippen LogP) is 4.92. The van der Waals surface area contributed by atoms with E-state index in [4.69, 9.17) is 0 Å². The Bertz CT molecular complexity index is 803. The third-order valence-electron chi connectivity index (χ3n) is 2.69. The zero-order valence-electron chi connectivity index (χ0n) is 10.1. The van der Waals surface area contributed by atoms with E-state index in [0.717, 1.165) is 18.3 Å². The Labute approximate surface area is 141 Å². The number of fused-ring (bicyclic) bond motifs is 1. The summed E-state index contributed by atoms with van der Waals surface area (Å²) in [6.45, 7) is 0. The van der Waals surface area contributed by atoms with E-state index in [1.165, 1.54) is 11.3 Å². The first-order valence-electron chi connectivity index (χ1n) is 5.75. The van der Waals surface area contributed by atoms with Gasteiger partial charge in [-0.1, -0.05) is 39.4 Å². The third-order valence-corrected chi connectivity index (χ3v) is 5.06. The van der Waals surface area contributed by atoms with Gasteiger partial charge in [-0.15, -0.1) is 0 Å². The smallest absolute Gasteiger partial charge is 0.258 e. The first-order valence-corrected chi connectivity index (χ1v) is 8.44. The Balaban J connectivity index is 1.89. The van der Waals surface area contributed by atoms with Gasteiger partial charge >= 0.3 is 0 Å². The highest BCUT2D eigenvalue weighted by Gasteiger charge is 2.12. The number of nitrogens with one attached hydrogen (secondary N) is 1. The van der Waals surface area contributed by atoms with Crippen molar-refractivity contribution in [2.45, 2.75) is 0 Å². The normalized spacial score (nSPS) is 10.7. The molecule has 0 fully saturated rings. The molecule has 0 bridgehead atoms. The van der Waals surface area contributed by atoms with Gasteiger partial charge in [0.05, 0.1) is 15.8 Å². The Morgan fingerprint density at radius 2 is 2.05 bits per heavy atom. The molecular formula is C14H8BrIN2OS. The molecule has 1 N–H and O–H groups in total. The van der Waals surface area contributed by atoms with Gasteiger partial charge in [-0.3, -0.25) is 10.1 Å². The lowest BCUT2D eigenvalue weighted by atomic mass is 10.2. The van der Waals surface area contributed by atoms with Gasteiger partial charge in [-0.05, 0) is 52.9 Å². The molecule has 100 valence electrons. The summed E-state index contributed by atoms with van der Waals surface area (Å²) in [5.74, 6) is -0.131. The highest BCUT2D eigenvalue weighted by Crippen LogP contribution is 2.28. The van der Waals surface area contributed by atoms with Crippen molar-refractivity contribution >= 4 is 71.1 Å². The van der Waals surface area contributed by atoms with E-state index < -0.39 is 0 Å². The molecule has 2 aromatic carbocycles. The van der Waals surface area contributed by atoms with Crippen LogP contribution in [0.2, 0.25) is 0 Å². The number of anilines is 1. The lowest BCUT2D eigenvalue weighted by molar-refractivity contribution is 0.102. The molecule has 0 spiro atoms. The van der Waals surface area contributed by atoms with Crippen molar-refractivity contribution in [3.8, 4) is 0 Å². The van der Waals surface area contributed by atoms with Crippen LogP contribution in [-0.2, 0) is 0 Å². The minimum atomic E-state index is -0.131. The number of halogens is 2. The minimum absolute atomic E-state index is 0.131. The SMILES string of the molecule is O=C(Nc1nc2ccc(Br)cc2s1)c1ccccc1I. The Hall–Kier alpha value is -0.990. The molecule has 0 unspecified atom stereocenters. The molecule has 3 nitrogen and oxygen atoms in total. The maximum absolute atomic E-state index is 12.2. The fourth-order valence-corrected chi connectivity index (χ4v) is 3.81. The first kappa shape index (κ1) is 14.0. The highest BCUT2D eigenvalue weighted by molar-refractivity contribution is 14.1. The summed E-state index contributed by atoms with van der Waals surface area (Å²) in [5.41, 5.74) is 1.55. The quantitative estimate of drug-likeness (QED) is 0.554. The molecule has 3 aromatic rings. The van der Waals surface area contributed by atoms with Crippen LogP contribution >= 0.6 is 49.9 Å². The van der Waals surface area contributed by atoms with Gasteiger partial charge in [0.25, 0.3) is 5.91 Å². The van der Waals surface area contributed by atoms with Gasteiger partial charge in [0, 0.05) is 8.04 Å². The van der Waals surface area contributed by atoms with Crippen molar-refractivity contribution < 1.29 is 4.79 Å². The first-order chi connectivity index (χ1) is 9.63. The van der Waals surface area contributed by atoms with E-state index in [1.807, 2.05) is 36.4 Å². The van der Waals surface area contributed by atoms with Gasteiger partial charge in [0.15, 0.2) is 5.13 Å². The largest absolute Gasteiger partial charge is 0.298 e. The number of carbonyl (C=O) groups is 1. The molecule has 0 saturated carbocycles. The van der Waals surface area contributed by atoms with Crippen molar-refractivity contribution in [1.82, 2.24) is 4.98 Å². The molecule has 20 heavy (non-hydrogen) atoms. The Morgan fingerprint density at radius 1 is 1.25 bits per heavy atom. The molecule has 0 saturated heterocycles. The van der Waals surface area contributed by atoms with Crippen LogP contribution in [0.4, 0.5) is 5.13 Å². The number of hydrogen-bond acceptors (Lipinski definition) is 3. The maximum Gasteiger partial charge on any atom is 0.258 e. The number of benzene rings is 2. The van der Waals surface area contributed by atoms with Crippen LogP contribution in [0.1, 0.15) is 10.4 Å². The molecule has 0 atom stereocenters. The van der Waals surface area contributed by atoms with Gasteiger partial charge in [-0.2, -0.15) is 0 Å². The van der Waals surface area contributed by atoms with Crippen LogP contribution in [0.5, 0.6) is 0 Å². The number of hydrogen-bond donors (Lipinski definition) is 1. The molecule has 6 heteroatoms. The lowest BCUT2D eigenvalue weighted by Gasteiger charge is -2.03. The molecule has 0 aliphatic heterocycles. The molecular weight excluding hydrogens is 451 g/mol. The van der Waals surface area contributed by atoms with Gasteiger partial charge in [-0.25, -0.2) is 4.98 Å². The average molecular weight is 459 g/mol. The number of nitrogens with zero attached hydrogens (tertiary/aromatic N) is 1. The number of amides is 1. The second kappa shape index (κ2) is 5.79. The fourth-order valence-electron chi connectivity index (χ4n) is 1.76. The Morgan fingerprint density at radius 3 is 2.85 bits per heavy atom. The van der Waals surface area contributed by atoms with Gasteiger partial charge < -0.3 is 0 Å². The number of rotatable bonds is 2. The maximum atomic E-state index is 12.2. The monoisotopic (exact) mass is 458 g/mol. The third kappa shape index (κ3) is 2.87. The lowest BCUT2D eigenvalue weighted by Crippen LogP contribution is -2.12. The molecule has 0 aliphatic rings. The topological polar surface area (TPSA) is 42.0 Å². The summed E-state index contributed by atoms with van der Waals surface area (Å²) in [5, 5.41) is 3.47. The number of aromatic nitrogens is 1. The molecule has 1 aromatic heterocycles. The van der Waals surface area contributed by atoms with Crippen molar-refractivity contribution in [2.24, 2.45) is 0 Å². The summed E-state index contributed by atoms with van der Waals surface area (Å²) in [6, 6.07) is 13.3. The minimum Gasteiger partial charge on any atom is -0.298 e. The standard InChI is InChI=1S/C14H8BrIN2OS/c15-8-5-6-11-12(7-8)20-14(17-11)18-13(19)9-3-1-2-4-10(9)16/h1-7H,(H,17,18,19). The molecule has 1 heterocycles. The van der Waals surface area contributed by atoms with E-state index >= 15 is 0 Å². The van der Waals surface area contributed by atoms with E-state index in [0.29, 0.717) is 10.7 Å². The van der Waals surface area contributed by atoms with Crippen molar-refractivity contribution in [2.75, 3.05) is 5.32 Å². The highest BCUT2D eigenvalue weighted by atomic mass is 127. The molecule has 0 aliphatic carbocycles. The second-order valence-corrected chi connectivity index (χ2v) is 7.17. The zero-order valence-corrected chi connectivity index (χ0v) is 14.6. The van der Waals surface area contributed by atoms with E-state index in [2.05, 4.69) is 48.8 Å². The molecule has 1 amide bonds. The summed E-state index contributed by atoms with van der Waals surface area (Å²) < 4.78 is 2.97. The van der Waals surface area contributed by atoms with Crippen LogP contribution < -0.4 is 5.32 Å². The molecule has 3 rings (SSSR count).